The van der Waals surface area contributed by atoms with Crippen LogP contribution in [-0.4, -0.2) is 37.9 Å². The third-order valence-electron chi connectivity index (χ3n) is 2.71. The van der Waals surface area contributed by atoms with Crippen LogP contribution >= 0.6 is 0 Å². The smallest absolute Gasteiger partial charge is 0.328 e. The molecular formula is C9H14N4O3. The molecule has 1 aliphatic heterocycles. The Hall–Kier alpha value is -1.50. The summed E-state index contributed by atoms with van der Waals surface area (Å²) in [7, 11) is 0. The molecule has 0 saturated carbocycles. The maximum atomic E-state index is 10.9. The van der Waals surface area contributed by atoms with Crippen LogP contribution in [0.1, 0.15) is 44.2 Å². The Morgan fingerprint density at radius 2 is 2.44 bits per heavy atom. The van der Waals surface area contributed by atoms with E-state index in [9.17, 15) is 4.79 Å². The molecule has 1 aromatic heterocycles. The fraction of sp³-hybridized carbons (Fsp3) is 0.778. The van der Waals surface area contributed by atoms with Crippen molar-refractivity contribution in [2.24, 2.45) is 0 Å². The monoisotopic (exact) mass is 226 g/mol. The van der Waals surface area contributed by atoms with Crippen molar-refractivity contribution in [2.75, 3.05) is 6.61 Å². The molecule has 7 heteroatoms. The Labute approximate surface area is 92.4 Å². The van der Waals surface area contributed by atoms with E-state index in [1.54, 1.807) is 6.92 Å². The highest BCUT2D eigenvalue weighted by Gasteiger charge is 2.26. The number of carboxylic acids is 1. The summed E-state index contributed by atoms with van der Waals surface area (Å²) in [6.45, 7) is 2.23. The molecular weight excluding hydrogens is 212 g/mol. The molecule has 0 spiro atoms. The van der Waals surface area contributed by atoms with Gasteiger partial charge < -0.3 is 9.84 Å². The maximum Gasteiger partial charge on any atom is 0.328 e. The lowest BCUT2D eigenvalue weighted by molar-refractivity contribution is -0.140. The number of aliphatic carboxylic acids is 1. The Kier molecular flexibility index (Phi) is 3.14. The number of tetrazole rings is 1. The lowest BCUT2D eigenvalue weighted by Crippen LogP contribution is -2.23. The molecule has 2 heterocycles. The van der Waals surface area contributed by atoms with E-state index in [0.717, 1.165) is 19.3 Å². The van der Waals surface area contributed by atoms with Crippen LogP contribution in [0.3, 0.4) is 0 Å². The molecule has 1 fully saturated rings. The second-order valence-electron chi connectivity index (χ2n) is 3.85. The number of nitrogens with zero attached hydrogens (tertiary/aromatic N) is 4. The van der Waals surface area contributed by atoms with Gasteiger partial charge in [-0.25, -0.2) is 9.48 Å². The second-order valence-corrected chi connectivity index (χ2v) is 3.85. The van der Waals surface area contributed by atoms with Crippen LogP contribution < -0.4 is 0 Å². The summed E-state index contributed by atoms with van der Waals surface area (Å²) in [6.07, 6.45) is 2.75. The zero-order valence-corrected chi connectivity index (χ0v) is 9.04. The first kappa shape index (κ1) is 11.0. The van der Waals surface area contributed by atoms with Gasteiger partial charge in [-0.15, -0.1) is 5.10 Å². The molecule has 0 radical (unpaired) electrons. The minimum absolute atomic E-state index is 0.175. The molecule has 1 saturated heterocycles. The van der Waals surface area contributed by atoms with Crippen LogP contribution in [0.5, 0.6) is 0 Å². The lowest BCUT2D eigenvalue weighted by Gasteiger charge is -2.22. The van der Waals surface area contributed by atoms with Crippen LogP contribution in [0.2, 0.25) is 0 Å². The highest BCUT2D eigenvalue weighted by molar-refractivity contribution is 5.71. The molecule has 0 aliphatic carbocycles. The van der Waals surface area contributed by atoms with Crippen LogP contribution in [0.4, 0.5) is 0 Å². The van der Waals surface area contributed by atoms with Gasteiger partial charge in [0.2, 0.25) is 0 Å². The summed E-state index contributed by atoms with van der Waals surface area (Å²) in [5.41, 5.74) is 0. The zero-order valence-electron chi connectivity index (χ0n) is 9.04. The quantitative estimate of drug-likeness (QED) is 0.809. The largest absolute Gasteiger partial charge is 0.480 e. The van der Waals surface area contributed by atoms with E-state index in [0.29, 0.717) is 12.4 Å². The summed E-state index contributed by atoms with van der Waals surface area (Å²) in [5, 5.41) is 20.0. The van der Waals surface area contributed by atoms with Crippen molar-refractivity contribution in [2.45, 2.75) is 38.3 Å². The minimum Gasteiger partial charge on any atom is -0.480 e. The highest BCUT2D eigenvalue weighted by Crippen LogP contribution is 2.26. The molecule has 1 N–H and O–H groups in total. The van der Waals surface area contributed by atoms with Gasteiger partial charge in [0.25, 0.3) is 0 Å². The predicted octanol–water partition coefficient (Wildman–Crippen LogP) is 0.560. The fourth-order valence-electron chi connectivity index (χ4n) is 1.74. The van der Waals surface area contributed by atoms with Crippen molar-refractivity contribution >= 4 is 5.97 Å². The first-order chi connectivity index (χ1) is 7.70. The van der Waals surface area contributed by atoms with Crippen molar-refractivity contribution in [1.82, 2.24) is 20.2 Å². The standard InChI is InChI=1S/C9H14N4O3/c1-6(9(14)15)13-8(10-11-12-13)7-4-2-3-5-16-7/h6-7H,2-5H2,1H3,(H,14,15). The SMILES string of the molecule is CC(C(=O)O)n1nnnc1C1CCCCO1. The average Bonchev–Trinajstić information content (AvgIpc) is 2.77. The molecule has 7 nitrogen and oxygen atoms in total. The molecule has 0 aromatic carbocycles. The Bertz CT molecular complexity index is 373. The Morgan fingerprint density at radius 1 is 1.62 bits per heavy atom. The first-order valence-electron chi connectivity index (χ1n) is 5.32. The van der Waals surface area contributed by atoms with Gasteiger partial charge in [0, 0.05) is 6.61 Å². The van der Waals surface area contributed by atoms with E-state index in [-0.39, 0.29) is 6.10 Å². The molecule has 2 atom stereocenters. The van der Waals surface area contributed by atoms with E-state index >= 15 is 0 Å². The fourth-order valence-corrected chi connectivity index (χ4v) is 1.74. The van der Waals surface area contributed by atoms with Gasteiger partial charge in [-0.2, -0.15) is 0 Å². The number of ether oxygens (including phenoxy) is 1. The molecule has 1 aromatic rings. The van der Waals surface area contributed by atoms with Crippen LogP contribution in [-0.2, 0) is 9.53 Å². The number of hydrogen-bond acceptors (Lipinski definition) is 5. The zero-order chi connectivity index (χ0) is 11.5. The average molecular weight is 226 g/mol. The molecule has 2 rings (SSSR count). The minimum atomic E-state index is -0.954. The Balaban J connectivity index is 2.20. The van der Waals surface area contributed by atoms with Gasteiger partial charge in [0.15, 0.2) is 11.9 Å². The maximum absolute atomic E-state index is 10.9. The highest BCUT2D eigenvalue weighted by atomic mass is 16.5. The Morgan fingerprint density at radius 3 is 3.06 bits per heavy atom. The van der Waals surface area contributed by atoms with E-state index in [1.165, 1.54) is 4.68 Å². The van der Waals surface area contributed by atoms with Crippen LogP contribution in [0, 0.1) is 0 Å². The summed E-state index contributed by atoms with van der Waals surface area (Å²) in [5.74, 6) is -0.445. The van der Waals surface area contributed by atoms with E-state index in [1.807, 2.05) is 0 Å². The number of aromatic nitrogens is 4. The summed E-state index contributed by atoms with van der Waals surface area (Å²) >= 11 is 0. The number of hydrogen-bond donors (Lipinski definition) is 1. The first-order valence-corrected chi connectivity index (χ1v) is 5.32. The molecule has 16 heavy (non-hydrogen) atoms. The van der Waals surface area contributed by atoms with Crippen molar-refractivity contribution in [1.29, 1.82) is 0 Å². The summed E-state index contributed by atoms with van der Waals surface area (Å²) in [6, 6.07) is -0.768. The van der Waals surface area contributed by atoms with Gasteiger partial charge >= 0.3 is 5.97 Å². The van der Waals surface area contributed by atoms with Gasteiger partial charge in [-0.3, -0.25) is 0 Å². The van der Waals surface area contributed by atoms with Crippen molar-refractivity contribution in [3.63, 3.8) is 0 Å². The van der Waals surface area contributed by atoms with Crippen molar-refractivity contribution in [3.8, 4) is 0 Å². The molecule has 1 aliphatic rings. The number of carbonyl (C=O) groups is 1. The summed E-state index contributed by atoms with van der Waals surface area (Å²) < 4.78 is 6.85. The van der Waals surface area contributed by atoms with E-state index < -0.39 is 12.0 Å². The van der Waals surface area contributed by atoms with Gasteiger partial charge in [0.1, 0.15) is 6.10 Å². The third-order valence-corrected chi connectivity index (χ3v) is 2.71. The van der Waals surface area contributed by atoms with Gasteiger partial charge in [-0.1, -0.05) is 0 Å². The predicted molar refractivity (Wildman–Crippen MR) is 52.7 cm³/mol. The van der Waals surface area contributed by atoms with Crippen LogP contribution in [0.25, 0.3) is 0 Å². The van der Waals surface area contributed by atoms with Crippen molar-refractivity contribution in [3.05, 3.63) is 5.82 Å². The van der Waals surface area contributed by atoms with E-state index in [2.05, 4.69) is 15.5 Å². The van der Waals surface area contributed by atoms with Crippen LogP contribution in [0.15, 0.2) is 0 Å². The topological polar surface area (TPSA) is 90.1 Å². The third kappa shape index (κ3) is 2.04. The summed E-state index contributed by atoms with van der Waals surface area (Å²) in [4.78, 5) is 10.9. The van der Waals surface area contributed by atoms with Gasteiger partial charge in [-0.05, 0) is 36.6 Å². The number of rotatable bonds is 3. The molecule has 2 unspecified atom stereocenters. The molecule has 0 amide bonds. The normalized spacial score (nSPS) is 22.9. The second kappa shape index (κ2) is 4.56. The number of carboxylic acid groups (broad SMARTS) is 1. The van der Waals surface area contributed by atoms with E-state index in [4.69, 9.17) is 9.84 Å². The lowest BCUT2D eigenvalue weighted by atomic mass is 10.1. The molecule has 0 bridgehead atoms. The van der Waals surface area contributed by atoms with Gasteiger partial charge in [0.05, 0.1) is 0 Å². The molecule has 88 valence electrons. The van der Waals surface area contributed by atoms with Crippen molar-refractivity contribution < 1.29 is 14.6 Å².